The summed E-state index contributed by atoms with van der Waals surface area (Å²) in [6.45, 7) is 4.04. The van der Waals surface area contributed by atoms with Crippen molar-refractivity contribution in [3.05, 3.63) is 59.2 Å². The predicted octanol–water partition coefficient (Wildman–Crippen LogP) is 4.18. The van der Waals surface area contributed by atoms with Crippen LogP contribution in [0.2, 0.25) is 0 Å². The van der Waals surface area contributed by atoms with Gasteiger partial charge in [-0.3, -0.25) is 9.97 Å². The first-order chi connectivity index (χ1) is 11.8. The Morgan fingerprint density at radius 1 is 1.00 bits per heavy atom. The predicted molar refractivity (Wildman–Crippen MR) is 97.1 cm³/mol. The molecule has 3 nitrogen and oxygen atoms in total. The monoisotopic (exact) mass is 324 g/mol. The Labute approximate surface area is 145 Å². The highest BCUT2D eigenvalue weighted by Crippen LogP contribution is 2.20. The van der Waals surface area contributed by atoms with Crippen molar-refractivity contribution in [1.29, 1.82) is 0 Å². The number of nitrogens with zero attached hydrogens (tertiary/aromatic N) is 2. The lowest BCUT2D eigenvalue weighted by Gasteiger charge is -2.21. The molecule has 0 unspecified atom stereocenters. The van der Waals surface area contributed by atoms with Crippen molar-refractivity contribution in [2.24, 2.45) is 5.92 Å². The molecular weight excluding hydrogens is 296 g/mol. The summed E-state index contributed by atoms with van der Waals surface area (Å²) >= 11 is 0. The zero-order valence-corrected chi connectivity index (χ0v) is 14.7. The second-order valence-electron chi connectivity index (χ2n) is 6.77. The van der Waals surface area contributed by atoms with Crippen molar-refractivity contribution in [3.63, 3.8) is 0 Å². The van der Waals surface area contributed by atoms with Crippen LogP contribution in [0.5, 0.6) is 0 Å². The number of aromatic nitrogens is 2. The average molecular weight is 324 g/mol. The van der Waals surface area contributed by atoms with Crippen LogP contribution in [0.1, 0.15) is 48.7 Å². The number of hydrogen-bond acceptors (Lipinski definition) is 3. The first-order valence-electron chi connectivity index (χ1n) is 9.29. The van der Waals surface area contributed by atoms with E-state index in [4.69, 9.17) is 9.72 Å². The van der Waals surface area contributed by atoms with E-state index in [1.54, 1.807) is 0 Å². The Morgan fingerprint density at radius 3 is 2.54 bits per heavy atom. The number of aryl methyl sites for hydroxylation is 4. The van der Waals surface area contributed by atoms with Gasteiger partial charge in [-0.25, -0.2) is 0 Å². The van der Waals surface area contributed by atoms with E-state index < -0.39 is 0 Å². The summed E-state index contributed by atoms with van der Waals surface area (Å²) in [5, 5.41) is 0. The first kappa shape index (κ1) is 17.1. The van der Waals surface area contributed by atoms with Gasteiger partial charge < -0.3 is 4.74 Å². The van der Waals surface area contributed by atoms with Crippen molar-refractivity contribution in [3.8, 4) is 0 Å². The fraction of sp³-hybridized carbons (Fsp3) is 0.524. The molecule has 0 bridgehead atoms. The molecule has 1 saturated heterocycles. The zero-order valence-electron chi connectivity index (χ0n) is 14.7. The lowest BCUT2D eigenvalue weighted by atomic mass is 9.94. The Morgan fingerprint density at radius 2 is 1.75 bits per heavy atom. The minimum absolute atomic E-state index is 0.812. The van der Waals surface area contributed by atoms with Gasteiger partial charge >= 0.3 is 0 Å². The van der Waals surface area contributed by atoms with E-state index in [2.05, 4.69) is 36.2 Å². The smallest absolute Gasteiger partial charge is 0.0468 e. The third-order valence-corrected chi connectivity index (χ3v) is 4.94. The van der Waals surface area contributed by atoms with E-state index in [1.807, 2.05) is 12.4 Å². The van der Waals surface area contributed by atoms with Gasteiger partial charge in [-0.2, -0.15) is 0 Å². The molecule has 2 aromatic heterocycles. The standard InChI is InChI=1S/C21H28N2O/c1-2-17-14-19(16-22-15-17)7-9-21-5-3-4-20(23-21)8-6-18-10-12-24-13-11-18/h3-5,14-16,18H,2,6-13H2,1H3. The normalized spacial score (nSPS) is 15.5. The van der Waals surface area contributed by atoms with Crippen LogP contribution in [0.3, 0.4) is 0 Å². The maximum Gasteiger partial charge on any atom is 0.0468 e. The molecule has 1 fully saturated rings. The lowest BCUT2D eigenvalue weighted by molar-refractivity contribution is 0.0639. The lowest BCUT2D eigenvalue weighted by Crippen LogP contribution is -2.16. The molecule has 0 saturated carbocycles. The van der Waals surface area contributed by atoms with E-state index in [-0.39, 0.29) is 0 Å². The molecule has 0 atom stereocenters. The molecule has 0 amide bonds. The fourth-order valence-electron chi connectivity index (χ4n) is 3.34. The summed E-state index contributed by atoms with van der Waals surface area (Å²) in [5.41, 5.74) is 5.05. The molecule has 1 aliphatic rings. The molecule has 3 heterocycles. The molecule has 2 aromatic rings. The van der Waals surface area contributed by atoms with Gasteiger partial charge in [0, 0.05) is 37.0 Å². The Bertz CT molecular complexity index is 635. The highest BCUT2D eigenvalue weighted by Gasteiger charge is 2.13. The minimum atomic E-state index is 0.812. The van der Waals surface area contributed by atoms with Crippen molar-refractivity contribution in [2.45, 2.75) is 51.9 Å². The number of hydrogen-bond donors (Lipinski definition) is 0. The molecule has 0 aliphatic carbocycles. The highest BCUT2D eigenvalue weighted by molar-refractivity contribution is 5.20. The Hall–Kier alpha value is -1.74. The van der Waals surface area contributed by atoms with Crippen LogP contribution in [-0.4, -0.2) is 23.2 Å². The molecule has 3 heteroatoms. The minimum Gasteiger partial charge on any atom is -0.381 e. The zero-order chi connectivity index (χ0) is 16.6. The summed E-state index contributed by atoms with van der Waals surface area (Å²) < 4.78 is 5.44. The molecule has 0 spiro atoms. The van der Waals surface area contributed by atoms with Crippen LogP contribution in [0.15, 0.2) is 36.7 Å². The van der Waals surface area contributed by atoms with Crippen LogP contribution in [-0.2, 0) is 30.4 Å². The second kappa shape index (κ2) is 8.93. The summed E-state index contributed by atoms with van der Waals surface area (Å²) in [6, 6.07) is 8.74. The van der Waals surface area contributed by atoms with Crippen LogP contribution < -0.4 is 0 Å². The van der Waals surface area contributed by atoms with Gasteiger partial charge in [-0.15, -0.1) is 0 Å². The van der Waals surface area contributed by atoms with Crippen molar-refractivity contribution in [2.75, 3.05) is 13.2 Å². The van der Waals surface area contributed by atoms with Crippen molar-refractivity contribution >= 4 is 0 Å². The maximum absolute atomic E-state index is 5.44. The van der Waals surface area contributed by atoms with E-state index in [1.165, 1.54) is 41.8 Å². The topological polar surface area (TPSA) is 35.0 Å². The van der Waals surface area contributed by atoms with E-state index in [9.17, 15) is 0 Å². The third kappa shape index (κ3) is 5.13. The van der Waals surface area contributed by atoms with Crippen molar-refractivity contribution in [1.82, 2.24) is 9.97 Å². The summed E-state index contributed by atoms with van der Waals surface area (Å²) in [5.74, 6) is 0.812. The van der Waals surface area contributed by atoms with Gasteiger partial charge in [-0.05, 0) is 74.1 Å². The van der Waals surface area contributed by atoms with Gasteiger partial charge in [0.2, 0.25) is 0 Å². The van der Waals surface area contributed by atoms with E-state index >= 15 is 0 Å². The Balaban J connectivity index is 1.52. The largest absolute Gasteiger partial charge is 0.381 e. The third-order valence-electron chi connectivity index (χ3n) is 4.94. The molecule has 0 aromatic carbocycles. The van der Waals surface area contributed by atoms with Gasteiger partial charge in [-0.1, -0.05) is 19.1 Å². The van der Waals surface area contributed by atoms with Gasteiger partial charge in [0.15, 0.2) is 0 Å². The average Bonchev–Trinajstić information content (AvgIpc) is 2.66. The molecule has 3 rings (SSSR count). The van der Waals surface area contributed by atoms with Crippen LogP contribution in [0.25, 0.3) is 0 Å². The van der Waals surface area contributed by atoms with E-state index in [0.29, 0.717) is 0 Å². The molecule has 128 valence electrons. The van der Waals surface area contributed by atoms with Gasteiger partial charge in [0.1, 0.15) is 0 Å². The molecular formula is C21H28N2O. The van der Waals surface area contributed by atoms with Crippen molar-refractivity contribution < 1.29 is 4.74 Å². The van der Waals surface area contributed by atoms with Crippen LogP contribution in [0, 0.1) is 5.92 Å². The molecule has 0 radical (unpaired) electrons. The van der Waals surface area contributed by atoms with Crippen LogP contribution >= 0.6 is 0 Å². The molecule has 0 N–H and O–H groups in total. The molecule has 1 aliphatic heterocycles. The van der Waals surface area contributed by atoms with E-state index in [0.717, 1.165) is 44.8 Å². The number of ether oxygens (including phenoxy) is 1. The molecule has 24 heavy (non-hydrogen) atoms. The Kier molecular flexibility index (Phi) is 6.36. The summed E-state index contributed by atoms with van der Waals surface area (Å²) in [6.07, 6.45) is 11.7. The summed E-state index contributed by atoms with van der Waals surface area (Å²) in [4.78, 5) is 9.20. The first-order valence-corrected chi connectivity index (χ1v) is 9.29. The second-order valence-corrected chi connectivity index (χ2v) is 6.77. The van der Waals surface area contributed by atoms with Gasteiger partial charge in [0.05, 0.1) is 0 Å². The number of rotatable bonds is 7. The quantitative estimate of drug-likeness (QED) is 0.766. The summed E-state index contributed by atoms with van der Waals surface area (Å²) in [7, 11) is 0. The maximum atomic E-state index is 5.44. The fourth-order valence-corrected chi connectivity index (χ4v) is 3.34. The van der Waals surface area contributed by atoms with Gasteiger partial charge in [0.25, 0.3) is 0 Å². The van der Waals surface area contributed by atoms with Crippen LogP contribution in [0.4, 0.5) is 0 Å². The highest BCUT2D eigenvalue weighted by atomic mass is 16.5. The number of pyridine rings is 2. The SMILES string of the molecule is CCc1cncc(CCc2cccc(CCC3CCOCC3)n2)c1.